The monoisotopic (exact) mass is 324 g/mol. The third-order valence-corrected chi connectivity index (χ3v) is 3.43. The van der Waals surface area contributed by atoms with Crippen LogP contribution >= 0.6 is 0 Å². The number of ether oxygens (including phenoxy) is 2. The van der Waals surface area contributed by atoms with Crippen LogP contribution in [0.15, 0.2) is 48.8 Å². The number of benzene rings is 2. The fourth-order valence-corrected chi connectivity index (χ4v) is 2.27. The number of carbonyl (C=O) groups is 1. The molecule has 0 fully saturated rings. The van der Waals surface area contributed by atoms with Crippen LogP contribution in [0.5, 0.6) is 5.75 Å². The van der Waals surface area contributed by atoms with Crippen molar-refractivity contribution in [2.24, 2.45) is 0 Å². The molecule has 2 N–H and O–H groups in total. The quantitative estimate of drug-likeness (QED) is 0.763. The highest BCUT2D eigenvalue weighted by Gasteiger charge is 2.08. The van der Waals surface area contributed by atoms with Crippen molar-refractivity contribution in [1.29, 1.82) is 0 Å². The number of para-hydroxylation sites is 1. The average molecular weight is 324 g/mol. The van der Waals surface area contributed by atoms with E-state index in [4.69, 9.17) is 4.74 Å². The van der Waals surface area contributed by atoms with Crippen molar-refractivity contribution < 1.29 is 14.3 Å². The molecule has 24 heavy (non-hydrogen) atoms. The van der Waals surface area contributed by atoms with E-state index in [1.54, 1.807) is 19.2 Å². The Morgan fingerprint density at radius 1 is 1.00 bits per heavy atom. The van der Waals surface area contributed by atoms with Crippen molar-refractivity contribution in [3.63, 3.8) is 0 Å². The molecule has 0 spiro atoms. The van der Waals surface area contributed by atoms with Crippen molar-refractivity contribution in [3.8, 4) is 5.75 Å². The van der Waals surface area contributed by atoms with Gasteiger partial charge in [-0.2, -0.15) is 0 Å². The Balaban J connectivity index is 1.86. The normalized spacial score (nSPS) is 10.2. The van der Waals surface area contributed by atoms with E-state index in [9.17, 15) is 4.79 Å². The summed E-state index contributed by atoms with van der Waals surface area (Å²) in [7, 11) is 2.93. The van der Waals surface area contributed by atoms with Crippen LogP contribution in [-0.4, -0.2) is 30.3 Å². The lowest BCUT2D eigenvalue weighted by Gasteiger charge is -2.11. The molecule has 0 aliphatic carbocycles. The Labute approximate surface area is 138 Å². The lowest BCUT2D eigenvalue weighted by atomic mass is 10.2. The maximum Gasteiger partial charge on any atom is 0.411 e. The number of nitrogens with zero attached hydrogens (tertiary/aromatic N) is 2. The van der Waals surface area contributed by atoms with Gasteiger partial charge in [0.2, 0.25) is 0 Å². The molecular weight excluding hydrogens is 308 g/mol. The van der Waals surface area contributed by atoms with Crippen LogP contribution < -0.4 is 15.4 Å². The molecule has 122 valence electrons. The fraction of sp³-hybridized carbons (Fsp3) is 0.118. The van der Waals surface area contributed by atoms with E-state index in [1.165, 1.54) is 13.4 Å². The predicted octanol–water partition coefficient (Wildman–Crippen LogP) is 3.56. The minimum atomic E-state index is -0.510. The number of amides is 1. The van der Waals surface area contributed by atoms with Crippen molar-refractivity contribution in [3.05, 3.63) is 48.8 Å². The Bertz CT molecular complexity index is 865. The summed E-state index contributed by atoms with van der Waals surface area (Å²) in [5.41, 5.74) is 2.20. The molecule has 0 bridgehead atoms. The minimum Gasteiger partial charge on any atom is -0.494 e. The van der Waals surface area contributed by atoms with Crippen molar-refractivity contribution in [2.45, 2.75) is 0 Å². The van der Waals surface area contributed by atoms with Gasteiger partial charge < -0.3 is 14.8 Å². The lowest BCUT2D eigenvalue weighted by Crippen LogP contribution is -2.10. The van der Waals surface area contributed by atoms with Crippen LogP contribution in [0.1, 0.15) is 0 Å². The molecule has 0 saturated carbocycles. The molecule has 3 rings (SSSR count). The standard InChI is InChI=1S/C17H16N4O3/c1-23-14-5-3-4-13-15(14)18-10-19-16(13)20-11-6-8-12(9-7-11)21-17(22)24-2/h3-10H,1-2H3,(H,21,22)(H,18,19,20). The van der Waals surface area contributed by atoms with Crippen LogP contribution in [0, 0.1) is 0 Å². The Morgan fingerprint density at radius 3 is 2.46 bits per heavy atom. The maximum atomic E-state index is 11.2. The molecule has 0 radical (unpaired) electrons. The number of anilines is 3. The summed E-state index contributed by atoms with van der Waals surface area (Å²) in [6.07, 6.45) is 0.977. The molecule has 0 saturated heterocycles. The van der Waals surface area contributed by atoms with Gasteiger partial charge in [-0.25, -0.2) is 14.8 Å². The topological polar surface area (TPSA) is 85.4 Å². The van der Waals surface area contributed by atoms with Gasteiger partial charge in [-0.3, -0.25) is 5.32 Å². The number of hydrogen-bond donors (Lipinski definition) is 2. The molecule has 0 atom stereocenters. The molecule has 7 heteroatoms. The number of carbonyl (C=O) groups excluding carboxylic acids is 1. The van der Waals surface area contributed by atoms with Gasteiger partial charge in [0, 0.05) is 16.8 Å². The second-order valence-electron chi connectivity index (χ2n) is 4.90. The van der Waals surface area contributed by atoms with Gasteiger partial charge in [-0.05, 0) is 36.4 Å². The summed E-state index contributed by atoms with van der Waals surface area (Å²) in [5, 5.41) is 6.69. The fourth-order valence-electron chi connectivity index (χ4n) is 2.27. The summed E-state index contributed by atoms with van der Waals surface area (Å²) < 4.78 is 9.88. The van der Waals surface area contributed by atoms with Gasteiger partial charge in [0.05, 0.1) is 14.2 Å². The van der Waals surface area contributed by atoms with Crippen LogP contribution in [0.2, 0.25) is 0 Å². The Morgan fingerprint density at radius 2 is 1.75 bits per heavy atom. The highest BCUT2D eigenvalue weighted by Crippen LogP contribution is 2.29. The zero-order valence-electron chi connectivity index (χ0n) is 13.2. The van der Waals surface area contributed by atoms with Crippen LogP contribution in [0.3, 0.4) is 0 Å². The second kappa shape index (κ2) is 6.82. The molecular formula is C17H16N4O3. The van der Waals surface area contributed by atoms with Crippen LogP contribution in [0.4, 0.5) is 22.0 Å². The largest absolute Gasteiger partial charge is 0.494 e. The summed E-state index contributed by atoms with van der Waals surface area (Å²) in [6.45, 7) is 0. The molecule has 3 aromatic rings. The van der Waals surface area contributed by atoms with Gasteiger partial charge in [-0.1, -0.05) is 6.07 Å². The molecule has 0 aliphatic rings. The average Bonchev–Trinajstić information content (AvgIpc) is 2.63. The van der Waals surface area contributed by atoms with Gasteiger partial charge in [0.15, 0.2) is 0 Å². The number of fused-ring (bicyclic) bond motifs is 1. The second-order valence-corrected chi connectivity index (χ2v) is 4.90. The van der Waals surface area contributed by atoms with E-state index in [0.29, 0.717) is 17.3 Å². The zero-order valence-corrected chi connectivity index (χ0v) is 13.2. The first kappa shape index (κ1) is 15.5. The van der Waals surface area contributed by atoms with E-state index in [1.807, 2.05) is 30.3 Å². The first-order valence-electron chi connectivity index (χ1n) is 7.21. The van der Waals surface area contributed by atoms with Gasteiger partial charge >= 0.3 is 6.09 Å². The van der Waals surface area contributed by atoms with Gasteiger partial charge in [-0.15, -0.1) is 0 Å². The Hall–Kier alpha value is -3.35. The third kappa shape index (κ3) is 3.19. The van der Waals surface area contributed by atoms with Crippen LogP contribution in [0.25, 0.3) is 10.9 Å². The first-order valence-corrected chi connectivity index (χ1v) is 7.21. The van der Waals surface area contributed by atoms with Crippen molar-refractivity contribution in [1.82, 2.24) is 9.97 Å². The first-order chi connectivity index (χ1) is 11.7. The van der Waals surface area contributed by atoms with E-state index in [2.05, 4.69) is 25.3 Å². The van der Waals surface area contributed by atoms with E-state index >= 15 is 0 Å². The predicted molar refractivity (Wildman–Crippen MR) is 91.8 cm³/mol. The molecule has 0 aliphatic heterocycles. The van der Waals surface area contributed by atoms with E-state index in [-0.39, 0.29) is 0 Å². The highest BCUT2D eigenvalue weighted by atomic mass is 16.5. The Kier molecular flexibility index (Phi) is 4.42. The summed E-state index contributed by atoms with van der Waals surface area (Å²) in [4.78, 5) is 19.8. The molecule has 2 aromatic carbocycles. The molecule has 0 unspecified atom stereocenters. The number of hydrogen-bond acceptors (Lipinski definition) is 6. The summed E-state index contributed by atoms with van der Waals surface area (Å²) in [6, 6.07) is 12.9. The van der Waals surface area contributed by atoms with E-state index in [0.717, 1.165) is 16.6 Å². The summed E-state index contributed by atoms with van der Waals surface area (Å²) >= 11 is 0. The highest BCUT2D eigenvalue weighted by molar-refractivity contribution is 5.94. The molecule has 1 amide bonds. The van der Waals surface area contributed by atoms with Gasteiger partial charge in [0.1, 0.15) is 23.4 Å². The van der Waals surface area contributed by atoms with Crippen molar-refractivity contribution >= 4 is 34.2 Å². The maximum absolute atomic E-state index is 11.2. The number of methoxy groups -OCH3 is 2. The minimum absolute atomic E-state index is 0.510. The number of aromatic nitrogens is 2. The molecule has 7 nitrogen and oxygen atoms in total. The van der Waals surface area contributed by atoms with Crippen molar-refractivity contribution in [2.75, 3.05) is 24.9 Å². The third-order valence-electron chi connectivity index (χ3n) is 3.43. The smallest absolute Gasteiger partial charge is 0.411 e. The molecule has 1 aromatic heterocycles. The number of rotatable bonds is 4. The SMILES string of the molecule is COC(=O)Nc1ccc(Nc2ncnc3c(OC)cccc23)cc1. The zero-order chi connectivity index (χ0) is 16.9. The van der Waals surface area contributed by atoms with Gasteiger partial charge in [0.25, 0.3) is 0 Å². The van der Waals surface area contributed by atoms with Crippen LogP contribution in [-0.2, 0) is 4.74 Å². The molecule has 1 heterocycles. The lowest BCUT2D eigenvalue weighted by molar-refractivity contribution is 0.187. The summed E-state index contributed by atoms with van der Waals surface area (Å²) in [5.74, 6) is 1.36. The number of nitrogens with one attached hydrogen (secondary N) is 2. The van der Waals surface area contributed by atoms with E-state index < -0.39 is 6.09 Å².